The van der Waals surface area contributed by atoms with Gasteiger partial charge in [-0.15, -0.1) is 0 Å². The number of carbonyl (C=O) groups is 1. The molecule has 6 nitrogen and oxygen atoms in total. The molecule has 0 saturated carbocycles. The summed E-state index contributed by atoms with van der Waals surface area (Å²) in [5.74, 6) is 1.01. The van der Waals surface area contributed by atoms with Crippen LogP contribution in [0.2, 0.25) is 0 Å². The predicted molar refractivity (Wildman–Crippen MR) is 129 cm³/mol. The fourth-order valence-electron chi connectivity index (χ4n) is 3.47. The first-order valence-electron chi connectivity index (χ1n) is 10.7. The summed E-state index contributed by atoms with van der Waals surface area (Å²) < 4.78 is 26.2. The first kappa shape index (κ1) is 25.3. The van der Waals surface area contributed by atoms with Gasteiger partial charge in [0, 0.05) is 11.1 Å². The van der Waals surface area contributed by atoms with Crippen LogP contribution in [0.4, 0.5) is 4.39 Å². The highest BCUT2D eigenvalue weighted by Crippen LogP contribution is 2.41. The minimum absolute atomic E-state index is 0.0946. The molecule has 0 fully saturated rings. The summed E-state index contributed by atoms with van der Waals surface area (Å²) in [5, 5.41) is 18.6. The topological polar surface area (TPSA) is 108 Å². The molecule has 8 heteroatoms. The molecule has 0 aliphatic heterocycles. The van der Waals surface area contributed by atoms with Gasteiger partial charge < -0.3 is 15.1 Å². The molecular formula is C26H25FNO5P. The van der Waals surface area contributed by atoms with E-state index in [0.29, 0.717) is 28.1 Å². The van der Waals surface area contributed by atoms with Crippen molar-refractivity contribution in [3.63, 3.8) is 0 Å². The fraction of sp³-hybridized carbons (Fsp3) is 0.231. The van der Waals surface area contributed by atoms with Gasteiger partial charge in [0.1, 0.15) is 5.82 Å². The molecule has 0 radical (unpaired) electrons. The van der Waals surface area contributed by atoms with Gasteiger partial charge in [-0.3, -0.25) is 14.3 Å². The molecule has 0 aliphatic rings. The Hall–Kier alpha value is -3.30. The lowest BCUT2D eigenvalue weighted by Gasteiger charge is -2.16. The molecule has 2 aromatic carbocycles. The lowest BCUT2D eigenvalue weighted by Crippen LogP contribution is -2.17. The molecule has 1 heterocycles. The Morgan fingerprint density at radius 1 is 1.09 bits per heavy atom. The van der Waals surface area contributed by atoms with E-state index in [2.05, 4.69) is 11.6 Å². The SMILES string of the molecule is CC(C)c1nc(-c2ccccc2)cc(-c2ccc(F)cc2)c1C#CP(=O)(O)C[C@H](O)CC(=O)O. The number of hydrogen-bond acceptors (Lipinski definition) is 4. The number of carboxylic acid groups (broad SMARTS) is 1. The van der Waals surface area contributed by atoms with E-state index in [1.165, 1.54) is 12.1 Å². The quantitative estimate of drug-likeness (QED) is 0.320. The minimum atomic E-state index is -4.17. The average Bonchev–Trinajstić information content (AvgIpc) is 2.77. The van der Waals surface area contributed by atoms with Gasteiger partial charge in [0.15, 0.2) is 0 Å². The Balaban J connectivity index is 2.17. The van der Waals surface area contributed by atoms with Crippen molar-refractivity contribution in [3.8, 4) is 34.0 Å². The standard InChI is InChI=1S/C26H25FNO5P/c1-17(2)26-22(12-13-34(32,33)16-21(29)14-25(30)31)23(18-8-10-20(27)11-9-18)15-24(28-26)19-6-4-3-5-7-19/h3-11,15,17,21,29H,14,16H2,1-2H3,(H,30,31)(H,32,33)/t21-/m1/s1. The average molecular weight is 481 g/mol. The van der Waals surface area contributed by atoms with Gasteiger partial charge in [0.05, 0.1) is 35.6 Å². The van der Waals surface area contributed by atoms with Crippen LogP contribution in [-0.4, -0.2) is 38.3 Å². The summed E-state index contributed by atoms with van der Waals surface area (Å²) in [6.07, 6.45) is -2.81. The zero-order valence-corrected chi connectivity index (χ0v) is 19.7. The molecule has 1 aromatic heterocycles. The van der Waals surface area contributed by atoms with Crippen molar-refractivity contribution >= 4 is 13.3 Å². The fourth-order valence-corrected chi connectivity index (χ4v) is 4.55. The number of rotatable bonds is 7. The summed E-state index contributed by atoms with van der Waals surface area (Å²) in [4.78, 5) is 25.8. The van der Waals surface area contributed by atoms with E-state index >= 15 is 0 Å². The Labute approximate surface area is 197 Å². The number of aliphatic carboxylic acids is 1. The van der Waals surface area contributed by atoms with Crippen molar-refractivity contribution in [2.45, 2.75) is 32.3 Å². The number of nitrogens with zero attached hydrogens (tertiary/aromatic N) is 1. The van der Waals surface area contributed by atoms with Crippen LogP contribution in [0.1, 0.15) is 37.4 Å². The summed E-state index contributed by atoms with van der Waals surface area (Å²) in [6, 6.07) is 17.2. The highest BCUT2D eigenvalue weighted by Gasteiger charge is 2.23. The van der Waals surface area contributed by atoms with Crippen molar-refractivity contribution in [2.24, 2.45) is 0 Å². The van der Waals surface area contributed by atoms with Crippen molar-refractivity contribution in [3.05, 3.63) is 77.7 Å². The summed E-state index contributed by atoms with van der Waals surface area (Å²) in [6.45, 7) is 3.84. The number of aromatic nitrogens is 1. The summed E-state index contributed by atoms with van der Waals surface area (Å²) in [5.41, 5.74) is 6.20. The molecule has 3 rings (SSSR count). The van der Waals surface area contributed by atoms with Gasteiger partial charge in [0.2, 0.25) is 0 Å². The molecule has 3 N–H and O–H groups in total. The first-order chi connectivity index (χ1) is 16.1. The Kier molecular flexibility index (Phi) is 8.01. The molecule has 1 unspecified atom stereocenters. The van der Waals surface area contributed by atoms with Gasteiger partial charge >= 0.3 is 5.97 Å². The van der Waals surface area contributed by atoms with Crippen LogP contribution < -0.4 is 0 Å². The maximum atomic E-state index is 13.6. The Morgan fingerprint density at radius 2 is 1.74 bits per heavy atom. The normalized spacial score (nSPS) is 13.6. The zero-order valence-electron chi connectivity index (χ0n) is 18.8. The van der Waals surface area contributed by atoms with Crippen LogP contribution in [0.5, 0.6) is 0 Å². The third-order valence-corrected chi connectivity index (χ3v) is 6.42. The van der Waals surface area contributed by atoms with Gasteiger partial charge in [-0.2, -0.15) is 0 Å². The molecule has 3 aromatic rings. The molecule has 0 amide bonds. The Bertz CT molecular complexity index is 1280. The number of aliphatic hydroxyl groups excluding tert-OH is 1. The molecular weight excluding hydrogens is 456 g/mol. The van der Waals surface area contributed by atoms with Crippen LogP contribution in [0.3, 0.4) is 0 Å². The molecule has 34 heavy (non-hydrogen) atoms. The smallest absolute Gasteiger partial charge is 0.305 e. The first-order valence-corrected chi connectivity index (χ1v) is 12.5. The predicted octanol–water partition coefficient (Wildman–Crippen LogP) is 5.09. The number of aliphatic hydroxyl groups is 1. The van der Waals surface area contributed by atoms with E-state index in [4.69, 9.17) is 10.1 Å². The van der Waals surface area contributed by atoms with Crippen LogP contribution >= 0.6 is 7.37 Å². The minimum Gasteiger partial charge on any atom is -0.481 e. The number of pyridine rings is 1. The lowest BCUT2D eigenvalue weighted by atomic mass is 9.93. The van der Waals surface area contributed by atoms with Crippen molar-refractivity contribution in [1.29, 1.82) is 0 Å². The van der Waals surface area contributed by atoms with Gasteiger partial charge in [0.25, 0.3) is 7.37 Å². The highest BCUT2D eigenvalue weighted by molar-refractivity contribution is 7.63. The van der Waals surface area contributed by atoms with Crippen LogP contribution in [0.15, 0.2) is 60.7 Å². The monoisotopic (exact) mass is 481 g/mol. The van der Waals surface area contributed by atoms with Gasteiger partial charge in [-0.05, 0) is 35.3 Å². The molecule has 0 spiro atoms. The van der Waals surface area contributed by atoms with Crippen molar-refractivity contribution < 1.29 is 28.9 Å². The largest absolute Gasteiger partial charge is 0.481 e. The van der Waals surface area contributed by atoms with E-state index in [0.717, 1.165) is 5.56 Å². The molecule has 176 valence electrons. The van der Waals surface area contributed by atoms with E-state index in [1.54, 1.807) is 18.2 Å². The summed E-state index contributed by atoms with van der Waals surface area (Å²) in [7, 11) is -4.17. The maximum absolute atomic E-state index is 13.6. The number of halogens is 1. The van der Waals surface area contributed by atoms with E-state index < -0.39 is 37.8 Å². The maximum Gasteiger partial charge on any atom is 0.305 e. The van der Waals surface area contributed by atoms with Crippen molar-refractivity contribution in [2.75, 3.05) is 6.16 Å². The molecule has 0 saturated heterocycles. The van der Waals surface area contributed by atoms with Gasteiger partial charge in [-0.1, -0.05) is 62.2 Å². The summed E-state index contributed by atoms with van der Waals surface area (Å²) >= 11 is 0. The van der Waals surface area contributed by atoms with E-state index in [-0.39, 0.29) is 5.92 Å². The second-order valence-corrected chi connectivity index (χ2v) is 10.2. The van der Waals surface area contributed by atoms with Gasteiger partial charge in [-0.25, -0.2) is 4.39 Å². The second kappa shape index (κ2) is 10.8. The number of hydrogen-bond donors (Lipinski definition) is 3. The van der Waals surface area contributed by atoms with Crippen molar-refractivity contribution in [1.82, 2.24) is 4.98 Å². The third kappa shape index (κ3) is 6.61. The van der Waals surface area contributed by atoms with Crippen LogP contribution in [0.25, 0.3) is 22.4 Å². The lowest BCUT2D eigenvalue weighted by molar-refractivity contribution is -0.138. The van der Waals surface area contributed by atoms with E-state index in [9.17, 15) is 23.7 Å². The Morgan fingerprint density at radius 3 is 2.32 bits per heavy atom. The van der Waals surface area contributed by atoms with Crippen LogP contribution in [0, 0.1) is 17.4 Å². The zero-order chi connectivity index (χ0) is 24.9. The number of carboxylic acids is 1. The molecule has 0 aliphatic carbocycles. The highest BCUT2D eigenvalue weighted by atomic mass is 31.2. The molecule has 0 bridgehead atoms. The molecule has 2 atom stereocenters. The van der Waals surface area contributed by atoms with E-state index in [1.807, 2.05) is 44.2 Å². The second-order valence-electron chi connectivity index (χ2n) is 8.22. The third-order valence-electron chi connectivity index (χ3n) is 5.04. The number of benzene rings is 2. The van der Waals surface area contributed by atoms with Crippen LogP contribution in [-0.2, 0) is 9.36 Å².